The largest absolute Gasteiger partial charge is 0.380 e. The standard InChI is InChI=1S/C9H14O/c1-3-5-6-9(4-2)7-10-8-9/h1H,4-8H2,2H3. The lowest BCUT2D eigenvalue weighted by atomic mass is 9.79. The Hall–Kier alpha value is -0.480. The van der Waals surface area contributed by atoms with E-state index in [1.807, 2.05) is 0 Å². The minimum atomic E-state index is 0.451. The molecule has 56 valence electrons. The van der Waals surface area contributed by atoms with E-state index in [4.69, 9.17) is 11.2 Å². The summed E-state index contributed by atoms with van der Waals surface area (Å²) in [6.45, 7) is 4.05. The number of rotatable bonds is 3. The van der Waals surface area contributed by atoms with Crippen molar-refractivity contribution in [3.05, 3.63) is 0 Å². The highest BCUT2D eigenvalue weighted by Crippen LogP contribution is 2.35. The lowest BCUT2D eigenvalue weighted by molar-refractivity contribution is -0.118. The average molecular weight is 138 g/mol. The van der Waals surface area contributed by atoms with Crippen molar-refractivity contribution in [3.63, 3.8) is 0 Å². The number of terminal acetylenes is 1. The first-order chi connectivity index (χ1) is 4.83. The zero-order chi connectivity index (χ0) is 7.45. The van der Waals surface area contributed by atoms with Gasteiger partial charge in [0.05, 0.1) is 13.2 Å². The van der Waals surface area contributed by atoms with Crippen LogP contribution >= 0.6 is 0 Å². The maximum Gasteiger partial charge on any atom is 0.0545 e. The third kappa shape index (κ3) is 1.33. The molecule has 10 heavy (non-hydrogen) atoms. The second kappa shape index (κ2) is 3.07. The molecular formula is C9H14O. The van der Waals surface area contributed by atoms with Crippen molar-refractivity contribution < 1.29 is 4.74 Å². The molecule has 1 saturated heterocycles. The highest BCUT2D eigenvalue weighted by atomic mass is 16.5. The molecule has 1 fully saturated rings. The van der Waals surface area contributed by atoms with Crippen LogP contribution in [0.15, 0.2) is 0 Å². The molecule has 1 aliphatic heterocycles. The topological polar surface area (TPSA) is 9.23 Å². The molecule has 0 aromatic carbocycles. The molecule has 0 aromatic rings. The predicted molar refractivity (Wildman–Crippen MR) is 41.6 cm³/mol. The quantitative estimate of drug-likeness (QED) is 0.540. The summed E-state index contributed by atoms with van der Waals surface area (Å²) in [6.07, 6.45) is 8.42. The molecule has 0 aromatic heterocycles. The normalized spacial score (nSPS) is 21.2. The lowest BCUT2D eigenvalue weighted by Crippen LogP contribution is -2.41. The van der Waals surface area contributed by atoms with Gasteiger partial charge in [-0.15, -0.1) is 12.3 Å². The van der Waals surface area contributed by atoms with Crippen molar-refractivity contribution in [3.8, 4) is 12.3 Å². The third-order valence-electron chi connectivity index (χ3n) is 2.37. The van der Waals surface area contributed by atoms with Crippen LogP contribution in [-0.4, -0.2) is 13.2 Å². The lowest BCUT2D eigenvalue weighted by Gasteiger charge is -2.40. The molecule has 0 N–H and O–H groups in total. The highest BCUT2D eigenvalue weighted by molar-refractivity contribution is 4.91. The van der Waals surface area contributed by atoms with Gasteiger partial charge in [0, 0.05) is 11.8 Å². The Labute approximate surface area is 62.8 Å². The van der Waals surface area contributed by atoms with Crippen LogP contribution in [0.4, 0.5) is 0 Å². The molecule has 0 radical (unpaired) electrons. The van der Waals surface area contributed by atoms with Gasteiger partial charge in [0.25, 0.3) is 0 Å². The van der Waals surface area contributed by atoms with Gasteiger partial charge in [0.15, 0.2) is 0 Å². The molecule has 1 aliphatic rings. The first kappa shape index (κ1) is 7.63. The fourth-order valence-corrected chi connectivity index (χ4v) is 1.25. The van der Waals surface area contributed by atoms with Gasteiger partial charge in [-0.2, -0.15) is 0 Å². The Bertz CT molecular complexity index is 134. The minimum absolute atomic E-state index is 0.451. The Morgan fingerprint density at radius 3 is 2.60 bits per heavy atom. The first-order valence-corrected chi connectivity index (χ1v) is 3.84. The van der Waals surface area contributed by atoms with Crippen molar-refractivity contribution in [1.82, 2.24) is 0 Å². The average Bonchev–Trinajstić information content (AvgIpc) is 1.87. The van der Waals surface area contributed by atoms with Crippen LogP contribution < -0.4 is 0 Å². The van der Waals surface area contributed by atoms with E-state index in [-0.39, 0.29) is 0 Å². The zero-order valence-electron chi connectivity index (χ0n) is 6.52. The van der Waals surface area contributed by atoms with Crippen molar-refractivity contribution in [2.45, 2.75) is 26.2 Å². The van der Waals surface area contributed by atoms with Crippen molar-refractivity contribution >= 4 is 0 Å². The van der Waals surface area contributed by atoms with E-state index in [0.717, 1.165) is 26.1 Å². The van der Waals surface area contributed by atoms with E-state index in [9.17, 15) is 0 Å². The fraction of sp³-hybridized carbons (Fsp3) is 0.778. The van der Waals surface area contributed by atoms with E-state index in [1.54, 1.807) is 0 Å². The Kier molecular flexibility index (Phi) is 2.34. The Morgan fingerprint density at radius 2 is 2.30 bits per heavy atom. The molecule has 0 saturated carbocycles. The maximum atomic E-state index is 5.18. The van der Waals surface area contributed by atoms with Crippen molar-refractivity contribution in [2.75, 3.05) is 13.2 Å². The van der Waals surface area contributed by atoms with Crippen LogP contribution in [0.2, 0.25) is 0 Å². The van der Waals surface area contributed by atoms with Gasteiger partial charge >= 0.3 is 0 Å². The number of ether oxygens (including phenoxy) is 1. The summed E-state index contributed by atoms with van der Waals surface area (Å²) in [5.41, 5.74) is 0.451. The summed E-state index contributed by atoms with van der Waals surface area (Å²) in [6, 6.07) is 0. The molecule has 0 spiro atoms. The summed E-state index contributed by atoms with van der Waals surface area (Å²) >= 11 is 0. The summed E-state index contributed by atoms with van der Waals surface area (Å²) in [5, 5.41) is 0. The SMILES string of the molecule is C#CCCC1(CC)COC1. The second-order valence-electron chi connectivity index (χ2n) is 3.05. The molecule has 1 heterocycles. The van der Waals surface area contributed by atoms with Crippen LogP contribution in [-0.2, 0) is 4.74 Å². The van der Waals surface area contributed by atoms with Crippen molar-refractivity contribution in [1.29, 1.82) is 0 Å². The van der Waals surface area contributed by atoms with Crippen LogP contribution in [0.1, 0.15) is 26.2 Å². The van der Waals surface area contributed by atoms with E-state index in [0.29, 0.717) is 5.41 Å². The van der Waals surface area contributed by atoms with E-state index in [2.05, 4.69) is 12.8 Å². The Balaban J connectivity index is 2.28. The van der Waals surface area contributed by atoms with Crippen LogP contribution in [0, 0.1) is 17.8 Å². The number of hydrogen-bond donors (Lipinski definition) is 0. The highest BCUT2D eigenvalue weighted by Gasteiger charge is 2.35. The monoisotopic (exact) mass is 138 g/mol. The van der Waals surface area contributed by atoms with Crippen LogP contribution in [0.5, 0.6) is 0 Å². The molecule has 0 bridgehead atoms. The van der Waals surface area contributed by atoms with Gasteiger partial charge in [-0.3, -0.25) is 0 Å². The summed E-state index contributed by atoms with van der Waals surface area (Å²) in [5.74, 6) is 2.67. The molecular weight excluding hydrogens is 124 g/mol. The first-order valence-electron chi connectivity index (χ1n) is 3.84. The molecule has 0 unspecified atom stereocenters. The molecule has 1 nitrogen and oxygen atoms in total. The summed E-state index contributed by atoms with van der Waals surface area (Å²) in [7, 11) is 0. The van der Waals surface area contributed by atoms with Gasteiger partial charge in [-0.1, -0.05) is 6.92 Å². The molecule has 0 atom stereocenters. The summed E-state index contributed by atoms with van der Waals surface area (Å²) < 4.78 is 5.16. The maximum absolute atomic E-state index is 5.18. The van der Waals surface area contributed by atoms with E-state index >= 15 is 0 Å². The van der Waals surface area contributed by atoms with Gasteiger partial charge < -0.3 is 4.74 Å². The molecule has 0 aliphatic carbocycles. The Morgan fingerprint density at radius 1 is 1.60 bits per heavy atom. The molecule has 1 rings (SSSR count). The zero-order valence-corrected chi connectivity index (χ0v) is 6.52. The summed E-state index contributed by atoms with van der Waals surface area (Å²) in [4.78, 5) is 0. The van der Waals surface area contributed by atoms with E-state index in [1.165, 1.54) is 6.42 Å². The van der Waals surface area contributed by atoms with Gasteiger partial charge in [0.2, 0.25) is 0 Å². The fourth-order valence-electron chi connectivity index (χ4n) is 1.25. The van der Waals surface area contributed by atoms with Crippen LogP contribution in [0.25, 0.3) is 0 Å². The van der Waals surface area contributed by atoms with Crippen molar-refractivity contribution in [2.24, 2.45) is 5.41 Å². The van der Waals surface area contributed by atoms with Gasteiger partial charge in [-0.05, 0) is 12.8 Å². The van der Waals surface area contributed by atoms with E-state index < -0.39 is 0 Å². The van der Waals surface area contributed by atoms with Gasteiger partial charge in [0.1, 0.15) is 0 Å². The smallest absolute Gasteiger partial charge is 0.0545 e. The minimum Gasteiger partial charge on any atom is -0.380 e. The molecule has 0 amide bonds. The third-order valence-corrected chi connectivity index (χ3v) is 2.37. The van der Waals surface area contributed by atoms with Gasteiger partial charge in [-0.25, -0.2) is 0 Å². The predicted octanol–water partition coefficient (Wildman–Crippen LogP) is 1.83. The van der Waals surface area contributed by atoms with Crippen LogP contribution in [0.3, 0.4) is 0 Å². The number of hydrogen-bond acceptors (Lipinski definition) is 1. The molecule has 1 heteroatoms. The second-order valence-corrected chi connectivity index (χ2v) is 3.05.